The molecular formula is C23H29BrN2O2. The highest BCUT2D eigenvalue weighted by Crippen LogP contribution is 2.18. The highest BCUT2D eigenvalue weighted by Gasteiger charge is 2.30. The molecule has 1 N–H and O–H groups in total. The maximum absolute atomic E-state index is 13.1. The number of carbonyl (C=O) groups excluding carboxylic acids is 2. The molecule has 0 aliphatic rings. The maximum atomic E-state index is 13.1. The summed E-state index contributed by atoms with van der Waals surface area (Å²) >= 11 is 3.44. The molecule has 0 aromatic heterocycles. The normalized spacial score (nSPS) is 12.9. The fourth-order valence-electron chi connectivity index (χ4n) is 2.98. The number of rotatable bonds is 9. The van der Waals surface area contributed by atoms with Crippen LogP contribution in [0.3, 0.4) is 0 Å². The molecule has 2 aromatic carbocycles. The zero-order valence-electron chi connectivity index (χ0n) is 16.8. The number of nitrogens with one attached hydrogen (secondary N) is 1. The number of hydrogen-bond acceptors (Lipinski definition) is 2. The monoisotopic (exact) mass is 444 g/mol. The minimum Gasteiger partial charge on any atom is -0.352 e. The third-order valence-corrected chi connectivity index (χ3v) is 5.37. The lowest BCUT2D eigenvalue weighted by Gasteiger charge is -2.32. The van der Waals surface area contributed by atoms with Gasteiger partial charge < -0.3 is 10.2 Å². The highest BCUT2D eigenvalue weighted by molar-refractivity contribution is 9.10. The summed E-state index contributed by atoms with van der Waals surface area (Å²) in [7, 11) is 0. The number of carbonyl (C=O) groups is 2. The highest BCUT2D eigenvalue weighted by atomic mass is 79.9. The van der Waals surface area contributed by atoms with Crippen LogP contribution in [0.25, 0.3) is 0 Å². The number of benzene rings is 2. The molecule has 0 unspecified atom stereocenters. The standard InChI is InChI=1S/C23H29BrN2O2/c1-4-17(3)25-23(28)21(15-18-9-7-6-8-10-18)26(22(27)5-2)16-19-11-13-20(24)14-12-19/h6-14,17,21H,4-5,15-16H2,1-3H3,(H,25,28)/t17-,21+/m1/s1. The molecule has 4 nitrogen and oxygen atoms in total. The first-order chi connectivity index (χ1) is 13.4. The molecule has 0 aliphatic heterocycles. The third-order valence-electron chi connectivity index (χ3n) is 4.84. The summed E-state index contributed by atoms with van der Waals surface area (Å²) < 4.78 is 0.986. The number of amides is 2. The van der Waals surface area contributed by atoms with Gasteiger partial charge in [0.25, 0.3) is 0 Å². The lowest BCUT2D eigenvalue weighted by atomic mass is 10.0. The summed E-state index contributed by atoms with van der Waals surface area (Å²) in [6.45, 7) is 6.26. The molecule has 0 saturated heterocycles. The molecule has 0 heterocycles. The summed E-state index contributed by atoms with van der Waals surface area (Å²) in [5.41, 5.74) is 2.04. The first-order valence-corrected chi connectivity index (χ1v) is 10.6. The second-order valence-electron chi connectivity index (χ2n) is 7.03. The van der Waals surface area contributed by atoms with Gasteiger partial charge in [-0.05, 0) is 36.6 Å². The molecule has 2 aromatic rings. The first-order valence-electron chi connectivity index (χ1n) is 9.82. The lowest BCUT2D eigenvalue weighted by molar-refractivity contribution is -0.141. The fourth-order valence-corrected chi connectivity index (χ4v) is 3.25. The van der Waals surface area contributed by atoms with Crippen LogP contribution in [-0.2, 0) is 22.6 Å². The van der Waals surface area contributed by atoms with Gasteiger partial charge in [0.2, 0.25) is 11.8 Å². The van der Waals surface area contributed by atoms with E-state index < -0.39 is 6.04 Å². The molecule has 150 valence electrons. The van der Waals surface area contributed by atoms with Gasteiger partial charge in [-0.25, -0.2) is 0 Å². The van der Waals surface area contributed by atoms with E-state index in [1.165, 1.54) is 0 Å². The van der Waals surface area contributed by atoms with Gasteiger partial charge in [-0.3, -0.25) is 9.59 Å². The van der Waals surface area contributed by atoms with Crippen molar-refractivity contribution in [3.63, 3.8) is 0 Å². The Morgan fingerprint density at radius 3 is 2.21 bits per heavy atom. The second kappa shape index (κ2) is 11.0. The lowest BCUT2D eigenvalue weighted by Crippen LogP contribution is -2.52. The number of nitrogens with zero attached hydrogens (tertiary/aromatic N) is 1. The predicted octanol–water partition coefficient (Wildman–Crippen LogP) is 4.71. The van der Waals surface area contributed by atoms with Gasteiger partial charge in [0, 0.05) is 29.9 Å². The van der Waals surface area contributed by atoms with Crippen molar-refractivity contribution < 1.29 is 9.59 Å². The Labute approximate surface area is 176 Å². The molecule has 0 radical (unpaired) electrons. The van der Waals surface area contributed by atoms with Crippen LogP contribution in [0.1, 0.15) is 44.7 Å². The SMILES string of the molecule is CCC(=O)N(Cc1ccc(Br)cc1)[C@@H](Cc1ccccc1)C(=O)N[C@H](C)CC. The van der Waals surface area contributed by atoms with Crippen molar-refractivity contribution in [2.75, 3.05) is 0 Å². The Bertz CT molecular complexity index is 762. The quantitative estimate of drug-likeness (QED) is 0.608. The molecule has 2 atom stereocenters. The largest absolute Gasteiger partial charge is 0.352 e. The Kier molecular flexibility index (Phi) is 8.71. The summed E-state index contributed by atoms with van der Waals surface area (Å²) in [6.07, 6.45) is 1.70. The third kappa shape index (κ3) is 6.48. The van der Waals surface area contributed by atoms with E-state index in [2.05, 4.69) is 21.2 Å². The topological polar surface area (TPSA) is 49.4 Å². The predicted molar refractivity (Wildman–Crippen MR) is 117 cm³/mol. The Morgan fingerprint density at radius 2 is 1.64 bits per heavy atom. The van der Waals surface area contributed by atoms with Crippen molar-refractivity contribution >= 4 is 27.7 Å². The zero-order valence-corrected chi connectivity index (χ0v) is 18.4. The Balaban J connectivity index is 2.33. The first kappa shape index (κ1) is 22.2. The number of hydrogen-bond donors (Lipinski definition) is 1. The summed E-state index contributed by atoms with van der Waals surface area (Å²) in [5, 5.41) is 3.06. The van der Waals surface area contributed by atoms with Gasteiger partial charge in [-0.15, -0.1) is 0 Å². The van der Waals surface area contributed by atoms with Crippen molar-refractivity contribution in [1.82, 2.24) is 10.2 Å². The van der Waals surface area contributed by atoms with Crippen LogP contribution < -0.4 is 5.32 Å². The molecular weight excluding hydrogens is 416 g/mol. The fraction of sp³-hybridized carbons (Fsp3) is 0.391. The Hall–Kier alpha value is -2.14. The van der Waals surface area contributed by atoms with Crippen molar-refractivity contribution in [1.29, 1.82) is 0 Å². The Morgan fingerprint density at radius 1 is 1.00 bits per heavy atom. The van der Waals surface area contributed by atoms with Crippen LogP contribution in [0, 0.1) is 0 Å². The number of halogens is 1. The van der Waals surface area contributed by atoms with Crippen LogP contribution in [-0.4, -0.2) is 28.8 Å². The second-order valence-corrected chi connectivity index (χ2v) is 7.94. The van der Waals surface area contributed by atoms with E-state index in [1.807, 2.05) is 75.4 Å². The van der Waals surface area contributed by atoms with Crippen molar-refractivity contribution in [3.05, 3.63) is 70.2 Å². The van der Waals surface area contributed by atoms with Crippen molar-refractivity contribution in [3.8, 4) is 0 Å². The molecule has 0 aliphatic carbocycles. The molecule has 0 bridgehead atoms. The van der Waals surface area contributed by atoms with Gasteiger partial charge in [-0.2, -0.15) is 0 Å². The van der Waals surface area contributed by atoms with Crippen molar-refractivity contribution in [2.24, 2.45) is 0 Å². The molecule has 2 amide bonds. The molecule has 0 saturated carbocycles. The maximum Gasteiger partial charge on any atom is 0.243 e. The van der Waals surface area contributed by atoms with E-state index in [9.17, 15) is 9.59 Å². The molecule has 0 spiro atoms. The smallest absolute Gasteiger partial charge is 0.243 e. The van der Waals surface area contributed by atoms with Gasteiger partial charge in [0.1, 0.15) is 6.04 Å². The minimum absolute atomic E-state index is 0.0249. The van der Waals surface area contributed by atoms with E-state index in [0.29, 0.717) is 19.4 Å². The van der Waals surface area contributed by atoms with E-state index in [-0.39, 0.29) is 17.9 Å². The van der Waals surface area contributed by atoms with Crippen LogP contribution >= 0.6 is 15.9 Å². The molecule has 0 fully saturated rings. The van der Waals surface area contributed by atoms with Crippen LogP contribution in [0.15, 0.2) is 59.1 Å². The van der Waals surface area contributed by atoms with E-state index in [0.717, 1.165) is 22.0 Å². The van der Waals surface area contributed by atoms with Crippen LogP contribution in [0.2, 0.25) is 0 Å². The summed E-state index contributed by atoms with van der Waals surface area (Å²) in [5.74, 6) is -0.125. The van der Waals surface area contributed by atoms with E-state index in [1.54, 1.807) is 4.90 Å². The average Bonchev–Trinajstić information content (AvgIpc) is 2.71. The molecule has 28 heavy (non-hydrogen) atoms. The molecule has 2 rings (SSSR count). The zero-order chi connectivity index (χ0) is 20.5. The average molecular weight is 445 g/mol. The molecule has 5 heteroatoms. The summed E-state index contributed by atoms with van der Waals surface area (Å²) in [4.78, 5) is 27.6. The van der Waals surface area contributed by atoms with E-state index in [4.69, 9.17) is 0 Å². The van der Waals surface area contributed by atoms with Crippen molar-refractivity contribution in [2.45, 2.75) is 58.7 Å². The van der Waals surface area contributed by atoms with Crippen LogP contribution in [0.5, 0.6) is 0 Å². The van der Waals surface area contributed by atoms with Gasteiger partial charge >= 0.3 is 0 Å². The van der Waals surface area contributed by atoms with E-state index >= 15 is 0 Å². The van der Waals surface area contributed by atoms with Gasteiger partial charge in [-0.1, -0.05) is 72.2 Å². The van der Waals surface area contributed by atoms with Gasteiger partial charge in [0.05, 0.1) is 0 Å². The van der Waals surface area contributed by atoms with Gasteiger partial charge in [0.15, 0.2) is 0 Å². The summed E-state index contributed by atoms with van der Waals surface area (Å²) in [6, 6.07) is 17.2. The minimum atomic E-state index is -0.549. The van der Waals surface area contributed by atoms with Crippen LogP contribution in [0.4, 0.5) is 0 Å².